The number of pyridine rings is 4. The number of ketones is 2. The summed E-state index contributed by atoms with van der Waals surface area (Å²) in [7, 11) is -1.34. The number of aliphatic carboxylic acids is 1. The number of rotatable bonds is 8. The molecule has 0 aliphatic rings. The van der Waals surface area contributed by atoms with E-state index in [1.54, 1.807) is 75.7 Å². The molecule has 2 aromatic carbocycles. The number of carboxylic acids is 1. The van der Waals surface area contributed by atoms with Crippen LogP contribution in [-0.2, 0) is 4.79 Å². The number of carboxylic acid groups (broad SMARTS) is 1. The Labute approximate surface area is 529 Å². The van der Waals surface area contributed by atoms with Gasteiger partial charge in [-0.05, 0) is 135 Å². The Hall–Kier alpha value is -6.74. The van der Waals surface area contributed by atoms with Crippen LogP contribution in [0.3, 0.4) is 0 Å². The van der Waals surface area contributed by atoms with Gasteiger partial charge in [0.25, 0.3) is 5.97 Å². The summed E-state index contributed by atoms with van der Waals surface area (Å²) in [5.41, 5.74) is 14.7. The zero-order chi connectivity index (χ0) is 61.9. The molecular weight excluding hydrogens is 1340 g/mol. The minimum absolute atomic E-state index is 0.0561. The molecule has 0 aliphatic heterocycles. The molecule has 0 saturated carbocycles. The number of benzene rings is 2. The van der Waals surface area contributed by atoms with Crippen LogP contribution in [0.25, 0.3) is 44.6 Å². The van der Waals surface area contributed by atoms with E-state index in [0.29, 0.717) is 21.9 Å². The number of H-pyrrole nitrogens is 1. The summed E-state index contributed by atoms with van der Waals surface area (Å²) < 4.78 is 9.03. The normalized spacial score (nSPS) is 9.94. The van der Waals surface area contributed by atoms with Crippen LogP contribution in [0, 0.1) is 31.6 Å². The van der Waals surface area contributed by atoms with Crippen LogP contribution < -0.4 is 5.46 Å². The first-order valence-corrected chi connectivity index (χ1v) is 33.8. The molecular formula is C60H64BBr3N10O6S4. The Bertz CT molecular complexity index is 4030. The number of Topliss-reactive ketones (excluding diaryl/α,β-unsaturated/α-hetero) is 2. The first-order valence-electron chi connectivity index (χ1n) is 26.0. The zero-order valence-electron chi connectivity index (χ0n) is 47.8. The van der Waals surface area contributed by atoms with Gasteiger partial charge in [-0.15, -0.1) is 22.7 Å². The lowest BCUT2D eigenvalue weighted by Gasteiger charge is -1.98. The summed E-state index contributed by atoms with van der Waals surface area (Å²) in [6.07, 6.45) is 14.6. The number of aryl methyl sites for hydroxylation is 4. The van der Waals surface area contributed by atoms with Crippen molar-refractivity contribution in [2.24, 2.45) is 0 Å². The molecule has 4 N–H and O–H groups in total. The van der Waals surface area contributed by atoms with Crippen molar-refractivity contribution in [3.63, 3.8) is 0 Å². The third kappa shape index (κ3) is 20.8. The Morgan fingerprint density at radius 3 is 1.46 bits per heavy atom. The predicted octanol–water partition coefficient (Wildman–Crippen LogP) is 15.6. The molecule has 0 saturated heterocycles. The largest absolute Gasteiger partial charge is 0.488 e. The molecule has 12 rings (SSSR count). The van der Waals surface area contributed by atoms with E-state index in [4.69, 9.17) is 37.2 Å². The highest BCUT2D eigenvalue weighted by molar-refractivity contribution is 9.93. The molecule has 12 aromatic rings. The monoisotopic (exact) mass is 1400 g/mol. The van der Waals surface area contributed by atoms with Gasteiger partial charge in [-0.3, -0.25) is 14.4 Å². The number of thiazole rings is 2. The standard InChI is InChI=1S/C17H13N3S2.C11H9N3S2.C10H9BrN2O.C10H10N2O.C6H7BO2.C2H4O2.2C2H6.Br2/c1-12-7-8-20-16(9-12)14(10-18-20)15-11-21-17(19-15)22-13-5-3-2-4-6-13;1-7-2-3-14-10(4-7)8(5-12-14)9-6-16-11(15)13-9;1-7-2-3-13-9(4-7)8(6-12-13)10(14)5-11;1-7-3-4-12-10(5-7)9(6-11-12)8(2)13;8-7(9)6-4-2-1-3-5-6;1-2(3)4;3*1-2/h2-11H,1H3;2-6H,1H3,(H,13,15);2-4,6H,5H2,1H3;3-6H,1-2H3;1-5,8-9H;1H3,(H,3,4);2*1-2H3;. The van der Waals surface area contributed by atoms with Crippen molar-refractivity contribution in [3.05, 3.63) is 207 Å². The van der Waals surface area contributed by atoms with Crippen LogP contribution in [0.4, 0.5) is 0 Å². The third-order valence-corrected chi connectivity index (χ3v) is 14.6. The lowest BCUT2D eigenvalue weighted by molar-refractivity contribution is -0.134. The van der Waals surface area contributed by atoms with E-state index in [0.717, 1.165) is 70.9 Å². The number of carbonyl (C=O) groups is 3. The minimum atomic E-state index is -1.34. The van der Waals surface area contributed by atoms with Crippen LogP contribution in [0.1, 0.15) is 84.5 Å². The van der Waals surface area contributed by atoms with E-state index in [-0.39, 0.29) is 11.6 Å². The Kier molecular flexibility index (Phi) is 30.1. The molecule has 0 amide bonds. The summed E-state index contributed by atoms with van der Waals surface area (Å²) in [6, 6.07) is 35.2. The molecule has 10 heterocycles. The summed E-state index contributed by atoms with van der Waals surface area (Å²) in [6.45, 7) is 18.8. The van der Waals surface area contributed by atoms with Gasteiger partial charge in [0, 0.05) is 86.7 Å². The number of carbonyl (C=O) groups excluding carboxylic acids is 2. The molecule has 0 radical (unpaired) electrons. The smallest absolute Gasteiger partial charge is 0.481 e. The predicted molar refractivity (Wildman–Crippen MR) is 358 cm³/mol. The van der Waals surface area contributed by atoms with E-state index >= 15 is 0 Å². The van der Waals surface area contributed by atoms with Crippen LogP contribution in [0.15, 0.2) is 179 Å². The topological polar surface area (TPSA) is 210 Å². The van der Waals surface area contributed by atoms with Gasteiger partial charge in [-0.25, -0.2) is 23.0 Å². The number of fused-ring (bicyclic) bond motifs is 4. The summed E-state index contributed by atoms with van der Waals surface area (Å²) in [4.78, 5) is 40.8. The molecule has 0 bridgehead atoms. The van der Waals surface area contributed by atoms with Gasteiger partial charge in [0.05, 0.1) is 74.7 Å². The van der Waals surface area contributed by atoms with Crippen LogP contribution in [-0.4, -0.2) is 93.6 Å². The highest BCUT2D eigenvalue weighted by atomic mass is 80.9. The number of nitrogens with zero attached hydrogens (tertiary/aromatic N) is 9. The molecule has 84 heavy (non-hydrogen) atoms. The van der Waals surface area contributed by atoms with E-state index in [1.165, 1.54) is 27.4 Å². The van der Waals surface area contributed by atoms with Crippen LogP contribution in [0.5, 0.6) is 0 Å². The maximum atomic E-state index is 11.5. The first kappa shape index (κ1) is 69.8. The highest BCUT2D eigenvalue weighted by Crippen LogP contribution is 2.34. The van der Waals surface area contributed by atoms with Gasteiger partial charge >= 0.3 is 7.12 Å². The molecule has 0 aliphatic carbocycles. The molecule has 24 heteroatoms. The molecule has 0 fully saturated rings. The zero-order valence-corrected chi connectivity index (χ0v) is 55.8. The number of nitrogens with one attached hydrogen (secondary N) is 1. The van der Waals surface area contributed by atoms with E-state index in [9.17, 15) is 9.59 Å². The number of alkyl halides is 1. The third-order valence-electron chi connectivity index (χ3n) is 11.1. The molecule has 0 unspecified atom stereocenters. The van der Waals surface area contributed by atoms with Crippen molar-refractivity contribution in [1.29, 1.82) is 0 Å². The van der Waals surface area contributed by atoms with Gasteiger partial charge in [0.1, 0.15) is 0 Å². The fourth-order valence-corrected chi connectivity index (χ4v) is 10.3. The fraction of sp³-hybridized carbons (Fsp3) is 0.183. The number of hydrogen-bond acceptors (Lipinski definition) is 14. The minimum Gasteiger partial charge on any atom is -0.481 e. The van der Waals surface area contributed by atoms with Crippen LogP contribution >= 0.6 is 90.8 Å². The summed E-state index contributed by atoms with van der Waals surface area (Å²) >= 11 is 18.6. The molecule has 0 atom stereocenters. The van der Waals surface area contributed by atoms with Crippen molar-refractivity contribution in [2.45, 2.75) is 78.5 Å². The van der Waals surface area contributed by atoms with E-state index in [1.807, 2.05) is 148 Å². The average Bonchev–Trinajstić information content (AvgIpc) is 4.13. The Morgan fingerprint density at radius 1 is 0.607 bits per heavy atom. The maximum Gasteiger partial charge on any atom is 0.488 e. The van der Waals surface area contributed by atoms with Crippen molar-refractivity contribution in [1.82, 2.24) is 48.4 Å². The van der Waals surface area contributed by atoms with Crippen molar-refractivity contribution >= 4 is 143 Å². The highest BCUT2D eigenvalue weighted by Gasteiger charge is 2.14. The van der Waals surface area contributed by atoms with Gasteiger partial charge in [0.15, 0.2) is 19.9 Å². The summed E-state index contributed by atoms with van der Waals surface area (Å²) in [5, 5.41) is 45.9. The lowest BCUT2D eigenvalue weighted by Crippen LogP contribution is -2.29. The molecule has 16 nitrogen and oxygen atoms in total. The lowest BCUT2D eigenvalue weighted by atomic mass is 9.81. The fourth-order valence-electron chi connectivity index (χ4n) is 7.36. The second-order valence-corrected chi connectivity index (χ2v) is 21.5. The van der Waals surface area contributed by atoms with Gasteiger partial charge in [-0.2, -0.15) is 20.4 Å². The molecule has 0 spiro atoms. The number of aromatic nitrogens is 10. The quantitative estimate of drug-likeness (QED) is 0.0484. The van der Waals surface area contributed by atoms with Crippen LogP contribution in [0.2, 0.25) is 0 Å². The SMILES string of the molecule is BrBr.CC.CC.CC(=O)O.CC(=O)c1cnn2ccc(C)cc12.Cc1ccn2ncc(-c3csc(=S)[nH]3)c2c1.Cc1ccn2ncc(-c3csc(Sc4ccccc4)n3)c2c1.Cc1ccn2ncc(C(=O)CBr)c2c1.OB(O)c1ccccc1. The summed E-state index contributed by atoms with van der Waals surface area (Å²) in [5.74, 6) is -0.716. The Morgan fingerprint density at radius 2 is 1.02 bits per heavy atom. The van der Waals surface area contributed by atoms with Crippen molar-refractivity contribution in [2.75, 3.05) is 5.33 Å². The first-order chi connectivity index (χ1) is 40.5. The molecule has 10 aromatic heterocycles. The number of halogens is 3. The molecule has 438 valence electrons. The Balaban J connectivity index is 0.000000222. The van der Waals surface area contributed by atoms with Gasteiger partial charge in [-0.1, -0.05) is 104 Å². The van der Waals surface area contributed by atoms with Crippen molar-refractivity contribution in [3.8, 4) is 22.5 Å². The number of hydrogen-bond donors (Lipinski definition) is 4. The van der Waals surface area contributed by atoms with E-state index in [2.05, 4.69) is 119 Å². The second kappa shape index (κ2) is 36.2. The second-order valence-electron chi connectivity index (χ2n) is 17.3. The average molecular weight is 1400 g/mol. The van der Waals surface area contributed by atoms with Gasteiger partial charge in [0.2, 0.25) is 0 Å². The van der Waals surface area contributed by atoms with Crippen molar-refractivity contribution < 1.29 is 29.5 Å². The maximum absolute atomic E-state index is 11.5. The van der Waals surface area contributed by atoms with E-state index < -0.39 is 13.1 Å². The number of aromatic amines is 1. The van der Waals surface area contributed by atoms with Gasteiger partial charge < -0.3 is 20.1 Å².